The molecule has 0 bridgehead atoms. The third-order valence-corrected chi connectivity index (χ3v) is 14.1. The Hall–Kier alpha value is -8.52. The first kappa shape index (κ1) is 72.0. The molecule has 482 valence electrons. The number of nitrogens with two attached hydrogens (primary N) is 5. The third-order valence-electron chi connectivity index (χ3n) is 14.1. The second-order valence-corrected chi connectivity index (χ2v) is 21.7. The summed E-state index contributed by atoms with van der Waals surface area (Å²) in [6.45, 7) is 4.19. The summed E-state index contributed by atoms with van der Waals surface area (Å²) in [5, 5.41) is 49.3. The van der Waals surface area contributed by atoms with E-state index in [0.29, 0.717) is 11.1 Å². The summed E-state index contributed by atoms with van der Waals surface area (Å²) in [5.74, 6) is -10.6. The fourth-order valence-electron chi connectivity index (χ4n) is 9.26. The first-order valence-corrected chi connectivity index (χ1v) is 29.2. The molecule has 3 aromatic rings. The van der Waals surface area contributed by atoms with E-state index in [0.717, 1.165) is 5.56 Å². The number of amides is 11. The summed E-state index contributed by atoms with van der Waals surface area (Å²) >= 11 is 0. The van der Waals surface area contributed by atoms with Gasteiger partial charge in [0.2, 0.25) is 59.1 Å². The van der Waals surface area contributed by atoms with Crippen molar-refractivity contribution in [2.75, 3.05) is 39.3 Å². The van der Waals surface area contributed by atoms with Crippen molar-refractivity contribution < 1.29 is 63.0 Å². The van der Waals surface area contributed by atoms with Gasteiger partial charge in [-0.15, -0.1) is 0 Å². The molecule has 1 aromatic heterocycles. The number of pyridine rings is 1. The second kappa shape index (κ2) is 36.6. The number of benzene rings is 2. The number of nitrogens with one attached hydrogen (secondary N) is 11. The van der Waals surface area contributed by atoms with Gasteiger partial charge in [-0.3, -0.25) is 57.7 Å². The average Bonchev–Trinajstić information content (AvgIpc) is 2.35. The lowest BCUT2D eigenvalue weighted by atomic mass is 10.00. The van der Waals surface area contributed by atoms with E-state index in [-0.39, 0.29) is 76.2 Å². The van der Waals surface area contributed by atoms with Crippen molar-refractivity contribution in [3.05, 3.63) is 90.3 Å². The van der Waals surface area contributed by atoms with Crippen LogP contribution in [0.1, 0.15) is 82.1 Å². The van der Waals surface area contributed by atoms with Crippen LogP contribution < -0.4 is 87.2 Å². The molecule has 1 aliphatic rings. The maximum Gasteiger partial charge on any atom is 0.253 e. The number of nitrogens with zero attached hydrogens (tertiary/aromatic N) is 1. The van der Waals surface area contributed by atoms with Crippen LogP contribution in [0.2, 0.25) is 0 Å². The lowest BCUT2D eigenvalue weighted by molar-refractivity contribution is -0.136. The highest BCUT2D eigenvalue weighted by atomic mass is 16.3. The number of rotatable bonds is 24. The highest BCUT2D eigenvalue weighted by Gasteiger charge is 2.37. The second-order valence-electron chi connectivity index (χ2n) is 21.7. The summed E-state index contributed by atoms with van der Waals surface area (Å²) in [7, 11) is 0. The topological polar surface area (TPSA) is 504 Å². The molecule has 4 rings (SSSR count). The molecule has 0 saturated carbocycles. The number of carbonyl (C=O) groups is 11. The van der Waals surface area contributed by atoms with Gasteiger partial charge < -0.3 is 97.4 Å². The summed E-state index contributed by atoms with van der Waals surface area (Å²) in [5.41, 5.74) is 31.6. The summed E-state index contributed by atoms with van der Waals surface area (Å²) in [4.78, 5) is 159. The predicted octanol–water partition coefficient (Wildman–Crippen LogP) is -5.87. The smallest absolute Gasteiger partial charge is 0.253 e. The number of hydrogen-bond donors (Lipinski definition) is 18. The standard InChI is InChI=1S/C58H87N17O13/c1-31(2)25-43-54(84)69-38(15-20-59)49(79)68-41(18-23-62)53(83)74-46(32(3)76)57(87)65-24-19-42(51(81)67-39(16-21-60)50(80)72-44(55(85)71-43)26-34-11-7-5-8-12-34)70-56(86)45(28-63)73-58(88)47(33(4)77)75-52(82)40(17-22-61)66-48(78)37-27-36(29-64-30-37)35-13-9-6-10-14-35/h5-14,27,29-33,38-47,76-77H,15-26,28,59-63H2,1-4H3,(H,65,87)(H,66,78)(H,67,81)(H,68,79)(H,69,84)(H,70,86)(H,71,85)(H,72,80)(H,73,88)(H,74,83)(H,75,82)/t32-,33-,38+,39+,40+,41+,42+,43+,44-,45+,46+,47+/m1/s1. The molecule has 12 atom stereocenters. The summed E-state index contributed by atoms with van der Waals surface area (Å²) < 4.78 is 0. The van der Waals surface area contributed by atoms with Crippen LogP contribution in [0.5, 0.6) is 0 Å². The van der Waals surface area contributed by atoms with E-state index in [1.54, 1.807) is 56.4 Å². The molecule has 88 heavy (non-hydrogen) atoms. The average molecular weight is 1230 g/mol. The van der Waals surface area contributed by atoms with Crippen LogP contribution in [0.25, 0.3) is 11.1 Å². The van der Waals surface area contributed by atoms with Crippen LogP contribution >= 0.6 is 0 Å². The minimum atomic E-state index is -1.78. The van der Waals surface area contributed by atoms with Gasteiger partial charge in [0.25, 0.3) is 5.91 Å². The minimum absolute atomic E-state index is 0.0361. The predicted molar refractivity (Wildman–Crippen MR) is 323 cm³/mol. The van der Waals surface area contributed by atoms with Crippen molar-refractivity contribution in [1.29, 1.82) is 0 Å². The Morgan fingerprint density at radius 3 is 1.62 bits per heavy atom. The van der Waals surface area contributed by atoms with E-state index < -0.39 is 157 Å². The van der Waals surface area contributed by atoms with Crippen molar-refractivity contribution in [1.82, 2.24) is 63.5 Å². The normalized spacial score (nSPS) is 22.0. The van der Waals surface area contributed by atoms with Gasteiger partial charge in [-0.25, -0.2) is 0 Å². The number of aliphatic hydroxyl groups is 2. The van der Waals surface area contributed by atoms with Crippen molar-refractivity contribution in [2.45, 2.75) is 145 Å². The van der Waals surface area contributed by atoms with Crippen molar-refractivity contribution in [3.8, 4) is 11.1 Å². The molecule has 30 nitrogen and oxygen atoms in total. The zero-order chi connectivity index (χ0) is 65.0. The van der Waals surface area contributed by atoms with Crippen LogP contribution in [0.3, 0.4) is 0 Å². The van der Waals surface area contributed by atoms with Gasteiger partial charge in [0.15, 0.2) is 0 Å². The van der Waals surface area contributed by atoms with Gasteiger partial charge in [0.05, 0.1) is 17.8 Å². The van der Waals surface area contributed by atoms with E-state index in [1.807, 2.05) is 30.3 Å². The minimum Gasteiger partial charge on any atom is -0.391 e. The van der Waals surface area contributed by atoms with Gasteiger partial charge in [0, 0.05) is 37.5 Å². The molecule has 0 aliphatic carbocycles. The Kier molecular flexibility index (Phi) is 29.9. The number of aliphatic hydroxyl groups excluding tert-OH is 2. The Balaban J connectivity index is 1.68. The van der Waals surface area contributed by atoms with Crippen LogP contribution in [0.15, 0.2) is 79.1 Å². The maximum atomic E-state index is 14.5. The zero-order valence-electron chi connectivity index (χ0n) is 49.9. The van der Waals surface area contributed by atoms with Crippen molar-refractivity contribution in [3.63, 3.8) is 0 Å². The monoisotopic (exact) mass is 1230 g/mol. The number of hydrogen-bond acceptors (Lipinski definition) is 19. The molecule has 30 heteroatoms. The molecule has 0 radical (unpaired) electrons. The number of carbonyl (C=O) groups excluding carboxylic acids is 11. The fourth-order valence-corrected chi connectivity index (χ4v) is 9.26. The molecular formula is C58H87N17O13. The molecule has 2 heterocycles. The fraction of sp³-hybridized carbons (Fsp3) is 0.517. The Labute approximate surface area is 510 Å². The van der Waals surface area contributed by atoms with Crippen LogP contribution in [0.4, 0.5) is 0 Å². The van der Waals surface area contributed by atoms with Gasteiger partial charge in [-0.2, -0.15) is 0 Å². The third kappa shape index (κ3) is 22.6. The van der Waals surface area contributed by atoms with Crippen LogP contribution in [-0.2, 0) is 54.4 Å². The molecule has 23 N–H and O–H groups in total. The van der Waals surface area contributed by atoms with Gasteiger partial charge in [-0.1, -0.05) is 74.5 Å². The summed E-state index contributed by atoms with van der Waals surface area (Å²) in [6.07, 6.45) is -1.64. The largest absolute Gasteiger partial charge is 0.391 e. The molecule has 1 saturated heterocycles. The molecule has 0 spiro atoms. The van der Waals surface area contributed by atoms with Crippen molar-refractivity contribution >= 4 is 65.0 Å². The Bertz CT molecular complexity index is 2830. The van der Waals surface area contributed by atoms with E-state index in [4.69, 9.17) is 28.7 Å². The lowest BCUT2D eigenvalue weighted by Crippen LogP contribution is -2.63. The lowest BCUT2D eigenvalue weighted by Gasteiger charge is -2.28. The van der Waals surface area contributed by atoms with E-state index in [1.165, 1.54) is 20.0 Å². The highest BCUT2D eigenvalue weighted by molar-refractivity contribution is 6.01. The van der Waals surface area contributed by atoms with Gasteiger partial charge in [0.1, 0.15) is 60.4 Å². The molecule has 11 amide bonds. The maximum absolute atomic E-state index is 14.5. The molecule has 1 fully saturated rings. The molecular weight excluding hydrogens is 1140 g/mol. The first-order valence-electron chi connectivity index (χ1n) is 29.2. The quantitative estimate of drug-likeness (QED) is 0.0397. The SMILES string of the molecule is CC(C)C[C@@H]1NC(=O)[C@@H](Cc2ccccc2)NC(=O)[C@H](CCN)NC(=O)[C@@H](NC(=O)[C@H](CN)NC(=O)[C@@H](NC(=O)[C@H](CCN)NC(=O)c2cncc(-c3ccccc3)c2)[C@@H](C)O)CCNC(=O)[C@H]([C@@H](C)O)NC(=O)[C@H](CCN)NC(=O)[C@H](CCN)NC1=O. The van der Waals surface area contributed by atoms with Crippen LogP contribution in [-0.4, -0.2) is 192 Å². The molecule has 0 unspecified atom stereocenters. The van der Waals surface area contributed by atoms with Gasteiger partial charge in [-0.05, 0) is 102 Å². The zero-order valence-corrected chi connectivity index (χ0v) is 49.9. The van der Waals surface area contributed by atoms with E-state index in [9.17, 15) is 63.0 Å². The summed E-state index contributed by atoms with van der Waals surface area (Å²) in [6, 6.07) is 3.87. The van der Waals surface area contributed by atoms with E-state index >= 15 is 0 Å². The van der Waals surface area contributed by atoms with Gasteiger partial charge >= 0.3 is 0 Å². The van der Waals surface area contributed by atoms with Crippen molar-refractivity contribution in [2.24, 2.45) is 34.6 Å². The Morgan fingerprint density at radius 2 is 1.09 bits per heavy atom. The van der Waals surface area contributed by atoms with E-state index in [2.05, 4.69) is 63.5 Å². The highest BCUT2D eigenvalue weighted by Crippen LogP contribution is 2.19. The first-order chi connectivity index (χ1) is 41.9. The van der Waals surface area contributed by atoms with Crippen LogP contribution in [0, 0.1) is 5.92 Å². The number of aromatic nitrogens is 1. The Morgan fingerprint density at radius 1 is 0.568 bits per heavy atom. The molecule has 1 aliphatic heterocycles. The molecule has 2 aromatic carbocycles.